The number of hydrogen-bond acceptors (Lipinski definition) is 6. The Morgan fingerprint density at radius 1 is 0.456 bits per heavy atom. The van der Waals surface area contributed by atoms with Crippen LogP contribution < -0.4 is 0 Å². The number of allylic oxidation sites excluding steroid dienone is 12. The summed E-state index contributed by atoms with van der Waals surface area (Å²) in [5.41, 5.74) is 0. The number of carbonyl (C=O) groups excluding carboxylic acids is 2. The van der Waals surface area contributed by atoms with Crippen molar-refractivity contribution in [1.82, 2.24) is 0 Å². The van der Waals surface area contributed by atoms with Crippen LogP contribution in [0.2, 0.25) is 0 Å². The van der Waals surface area contributed by atoms with Gasteiger partial charge < -0.3 is 23.8 Å². The first-order chi connectivity index (χ1) is 33.1. The molecule has 0 saturated carbocycles. The molecule has 0 aromatic carbocycles. The third-order valence-electron chi connectivity index (χ3n) is 12.3. The van der Waals surface area contributed by atoms with Gasteiger partial charge in [0.25, 0.3) is 0 Å². The van der Waals surface area contributed by atoms with Crippen molar-refractivity contribution in [3.63, 3.8) is 0 Å². The van der Waals surface area contributed by atoms with Crippen LogP contribution in [-0.4, -0.2) is 80.6 Å². The molecule has 392 valence electrons. The third-order valence-corrected chi connectivity index (χ3v) is 12.3. The summed E-state index contributed by atoms with van der Waals surface area (Å²) in [6.45, 7) is 4.63. The van der Waals surface area contributed by atoms with Crippen molar-refractivity contribution in [2.45, 2.75) is 251 Å². The molecule has 0 fully saturated rings. The van der Waals surface area contributed by atoms with Crippen molar-refractivity contribution in [3.8, 4) is 0 Å². The first-order valence-corrected chi connectivity index (χ1v) is 28.0. The Hall–Kier alpha value is -3.23. The second kappa shape index (κ2) is 50.2. The average Bonchev–Trinajstić information content (AvgIpc) is 3.30. The number of carboxylic acid groups (broad SMARTS) is 1. The van der Waals surface area contributed by atoms with E-state index in [0.717, 1.165) is 70.6 Å². The molecule has 1 N–H and O–H groups in total. The van der Waals surface area contributed by atoms with Gasteiger partial charge in [-0.05, 0) is 83.5 Å². The van der Waals surface area contributed by atoms with Gasteiger partial charge in [0.15, 0.2) is 12.1 Å². The fourth-order valence-corrected chi connectivity index (χ4v) is 8.06. The van der Waals surface area contributed by atoms with Crippen LogP contribution in [-0.2, 0) is 28.6 Å². The first kappa shape index (κ1) is 64.8. The van der Waals surface area contributed by atoms with Crippen LogP contribution in [0.25, 0.3) is 0 Å². The summed E-state index contributed by atoms with van der Waals surface area (Å²) >= 11 is 0. The van der Waals surface area contributed by atoms with E-state index in [1.165, 1.54) is 135 Å². The Kier molecular flexibility index (Phi) is 47.8. The molecule has 0 aliphatic heterocycles. The van der Waals surface area contributed by atoms with E-state index in [1.54, 1.807) is 0 Å². The molecule has 0 amide bonds. The largest absolute Gasteiger partial charge is 0.477 e. The maximum absolute atomic E-state index is 12.8. The Morgan fingerprint density at radius 2 is 0.824 bits per heavy atom. The Labute approximate surface area is 419 Å². The lowest BCUT2D eigenvalue weighted by Gasteiger charge is -2.31. The second-order valence-electron chi connectivity index (χ2n) is 19.8. The fraction of sp³-hybridized carbons (Fsp3) is 0.750. The van der Waals surface area contributed by atoms with Gasteiger partial charge in [0.2, 0.25) is 0 Å². The molecule has 0 bridgehead atoms. The minimum atomic E-state index is -0.876. The second-order valence-corrected chi connectivity index (χ2v) is 19.8. The van der Waals surface area contributed by atoms with E-state index in [1.807, 2.05) is 21.1 Å². The van der Waals surface area contributed by atoms with Gasteiger partial charge in [-0.15, -0.1) is 0 Å². The summed E-state index contributed by atoms with van der Waals surface area (Å²) in [4.78, 5) is 37.3. The highest BCUT2D eigenvalue weighted by molar-refractivity contribution is 5.72. The highest BCUT2D eigenvalue weighted by atomic mass is 16.6. The Bertz CT molecular complexity index is 1340. The summed E-state index contributed by atoms with van der Waals surface area (Å²) in [5.74, 6) is -1.47. The lowest BCUT2D eigenvalue weighted by atomic mass is 10.0. The molecule has 2 unspecified atom stereocenters. The third kappa shape index (κ3) is 47.8. The fourth-order valence-electron chi connectivity index (χ4n) is 8.06. The predicted molar refractivity (Wildman–Crippen MR) is 289 cm³/mol. The number of carboxylic acids is 1. The van der Waals surface area contributed by atoms with Crippen LogP contribution in [0, 0.1) is 0 Å². The summed E-state index contributed by atoms with van der Waals surface area (Å²) in [7, 11) is 5.54. The average molecular weight is 954 g/mol. The van der Waals surface area contributed by atoms with Gasteiger partial charge >= 0.3 is 17.9 Å². The zero-order valence-electron chi connectivity index (χ0n) is 44.8. The van der Waals surface area contributed by atoms with Crippen molar-refractivity contribution >= 4 is 17.9 Å². The minimum absolute atomic E-state index is 0.0561. The number of nitrogens with zero attached hydrogens (tertiary/aromatic N) is 1. The first-order valence-electron chi connectivity index (χ1n) is 28.0. The Morgan fingerprint density at radius 3 is 1.22 bits per heavy atom. The van der Waals surface area contributed by atoms with Crippen LogP contribution in [0.15, 0.2) is 72.9 Å². The summed E-state index contributed by atoms with van der Waals surface area (Å²) in [6.07, 6.45) is 65.2. The summed E-state index contributed by atoms with van der Waals surface area (Å²) < 4.78 is 17.4. The van der Waals surface area contributed by atoms with Crippen molar-refractivity contribution in [2.75, 3.05) is 41.0 Å². The molecular formula is C60H106NO7+. The minimum Gasteiger partial charge on any atom is -0.477 e. The van der Waals surface area contributed by atoms with Gasteiger partial charge in [-0.25, -0.2) is 4.79 Å². The van der Waals surface area contributed by atoms with Crippen molar-refractivity contribution < 1.29 is 38.2 Å². The van der Waals surface area contributed by atoms with E-state index in [0.29, 0.717) is 19.3 Å². The number of ether oxygens (including phenoxy) is 3. The highest BCUT2D eigenvalue weighted by Crippen LogP contribution is 2.16. The van der Waals surface area contributed by atoms with Gasteiger partial charge in [-0.2, -0.15) is 0 Å². The highest BCUT2D eigenvalue weighted by Gasteiger charge is 2.31. The van der Waals surface area contributed by atoms with Gasteiger partial charge in [0, 0.05) is 19.3 Å². The molecule has 0 aromatic heterocycles. The van der Waals surface area contributed by atoms with Crippen LogP contribution in [0.5, 0.6) is 0 Å². The quantitative estimate of drug-likeness (QED) is 0.0281. The summed E-state index contributed by atoms with van der Waals surface area (Å²) in [6, 6.07) is -0.620. The number of aliphatic carboxylic acids is 1. The molecule has 0 spiro atoms. The normalized spacial score (nSPS) is 13.4. The molecule has 0 aliphatic carbocycles. The van der Waals surface area contributed by atoms with E-state index in [2.05, 4.69) is 86.8 Å². The van der Waals surface area contributed by atoms with Gasteiger partial charge in [0.05, 0.1) is 34.4 Å². The van der Waals surface area contributed by atoms with E-state index in [4.69, 9.17) is 14.2 Å². The van der Waals surface area contributed by atoms with Gasteiger partial charge in [0.1, 0.15) is 6.61 Å². The van der Waals surface area contributed by atoms with E-state index >= 15 is 0 Å². The predicted octanol–water partition coefficient (Wildman–Crippen LogP) is 16.6. The lowest BCUT2D eigenvalue weighted by Crippen LogP contribution is -2.50. The number of carbonyl (C=O) groups is 3. The van der Waals surface area contributed by atoms with Gasteiger partial charge in [-0.1, -0.05) is 209 Å². The molecule has 68 heavy (non-hydrogen) atoms. The topological polar surface area (TPSA) is 99.1 Å². The standard InChI is InChI=1S/C60H105NO7/c1-6-8-10-12-14-16-18-20-22-24-26-28-29-31-33-35-37-39-41-43-45-47-49-51-59(63)68-56(54-66-53-52-57(60(64)65)61(3,4)5)55-67-58(62)50-48-46-44-42-40-38-36-34-32-30-27-25-23-21-19-17-15-13-11-9-7-2/h8,10,14,16,19-22,25-28,56-57H,6-7,9,11-13,15,17-18,23-24,29-55H2,1-5H3/p+1/b10-8-,16-14-,21-19-,22-20-,27-25-,28-26-. The number of quaternary nitrogens is 1. The van der Waals surface area contributed by atoms with Crippen LogP contribution in [0.3, 0.4) is 0 Å². The molecule has 2 atom stereocenters. The zero-order valence-corrected chi connectivity index (χ0v) is 44.8. The van der Waals surface area contributed by atoms with Crippen LogP contribution >= 0.6 is 0 Å². The molecule has 8 heteroatoms. The van der Waals surface area contributed by atoms with Gasteiger partial charge in [-0.3, -0.25) is 9.59 Å². The molecule has 0 aliphatic rings. The Balaban J connectivity index is 4.21. The van der Waals surface area contributed by atoms with E-state index in [9.17, 15) is 19.5 Å². The van der Waals surface area contributed by atoms with Crippen molar-refractivity contribution in [3.05, 3.63) is 72.9 Å². The summed E-state index contributed by atoms with van der Waals surface area (Å²) in [5, 5.41) is 9.68. The monoisotopic (exact) mass is 953 g/mol. The van der Waals surface area contributed by atoms with Crippen LogP contribution in [0.4, 0.5) is 0 Å². The number of likely N-dealkylation sites (N-methyl/N-ethyl adjacent to an activating group) is 1. The van der Waals surface area contributed by atoms with E-state index < -0.39 is 18.1 Å². The maximum atomic E-state index is 12.8. The number of esters is 2. The zero-order chi connectivity index (χ0) is 49.9. The molecule has 0 rings (SSSR count). The number of rotatable bonds is 50. The smallest absolute Gasteiger partial charge is 0.362 e. The molecule has 0 radical (unpaired) electrons. The van der Waals surface area contributed by atoms with Crippen molar-refractivity contribution in [1.29, 1.82) is 0 Å². The maximum Gasteiger partial charge on any atom is 0.362 e. The lowest BCUT2D eigenvalue weighted by molar-refractivity contribution is -0.887. The van der Waals surface area contributed by atoms with E-state index in [-0.39, 0.29) is 36.2 Å². The molecule has 8 nitrogen and oxygen atoms in total. The molecule has 0 saturated heterocycles. The number of unbranched alkanes of at least 4 members (excludes halogenated alkanes) is 24. The number of hydrogen-bond donors (Lipinski definition) is 1. The molecule has 0 aromatic rings. The van der Waals surface area contributed by atoms with Crippen LogP contribution in [0.1, 0.15) is 239 Å². The SMILES string of the molecule is CC/C=C\C/C=C\C/C=C\C/C=C\CCCCCCCCCCCCC(=O)OC(COCCC(C(=O)O)[N+](C)(C)C)COC(=O)CCCCCCCCCCC/C=C\C/C=C\CCCCCCC. The molecular weight excluding hydrogens is 847 g/mol. The molecule has 0 heterocycles. The van der Waals surface area contributed by atoms with Crippen molar-refractivity contribution in [2.24, 2.45) is 0 Å².